The maximum absolute atomic E-state index is 12.7. The molecule has 2 heterocycles. The van der Waals surface area contributed by atoms with Crippen molar-refractivity contribution in [3.05, 3.63) is 35.6 Å². The number of fused-ring (bicyclic) bond motifs is 1. The van der Waals surface area contributed by atoms with Gasteiger partial charge in [-0.1, -0.05) is 13.0 Å². The van der Waals surface area contributed by atoms with Gasteiger partial charge >= 0.3 is 0 Å². The first-order valence-corrected chi connectivity index (χ1v) is 8.51. The van der Waals surface area contributed by atoms with Gasteiger partial charge in [-0.25, -0.2) is 0 Å². The number of carbonyl (C=O) groups is 1. The number of furan rings is 1. The van der Waals surface area contributed by atoms with Crippen LogP contribution < -0.4 is 0 Å². The van der Waals surface area contributed by atoms with Gasteiger partial charge in [-0.15, -0.1) is 0 Å². The van der Waals surface area contributed by atoms with Gasteiger partial charge in [0.15, 0.2) is 0 Å². The van der Waals surface area contributed by atoms with Crippen molar-refractivity contribution in [2.75, 3.05) is 27.2 Å². The lowest BCUT2D eigenvalue weighted by molar-refractivity contribution is -0.132. The second-order valence-electron chi connectivity index (χ2n) is 6.66. The van der Waals surface area contributed by atoms with Crippen molar-refractivity contribution in [2.45, 2.75) is 38.6 Å². The van der Waals surface area contributed by atoms with Crippen molar-refractivity contribution in [2.24, 2.45) is 0 Å². The van der Waals surface area contributed by atoms with Crippen molar-refractivity contribution in [3.8, 4) is 0 Å². The van der Waals surface area contributed by atoms with Gasteiger partial charge in [0.1, 0.15) is 5.58 Å². The van der Waals surface area contributed by atoms with Gasteiger partial charge in [0.25, 0.3) is 0 Å². The molecular formula is C19H26N2O2. The van der Waals surface area contributed by atoms with Crippen molar-refractivity contribution >= 4 is 16.9 Å². The van der Waals surface area contributed by atoms with Crippen LogP contribution in [0.5, 0.6) is 0 Å². The first kappa shape index (κ1) is 16.1. The quantitative estimate of drug-likeness (QED) is 0.870. The highest BCUT2D eigenvalue weighted by molar-refractivity contribution is 5.88. The third-order valence-corrected chi connectivity index (χ3v) is 5.10. The first-order valence-electron chi connectivity index (χ1n) is 8.51. The van der Waals surface area contributed by atoms with E-state index in [1.807, 2.05) is 18.0 Å². The molecule has 0 saturated carbocycles. The summed E-state index contributed by atoms with van der Waals surface area (Å²) in [5.41, 5.74) is 3.14. The molecular weight excluding hydrogens is 288 g/mol. The van der Waals surface area contributed by atoms with Gasteiger partial charge in [-0.05, 0) is 57.1 Å². The zero-order chi connectivity index (χ0) is 16.4. The molecule has 1 amide bonds. The molecule has 1 aromatic carbocycles. The minimum absolute atomic E-state index is 0.184. The Bertz CT molecular complexity index is 684. The van der Waals surface area contributed by atoms with Crippen LogP contribution in [0.15, 0.2) is 28.9 Å². The number of aryl methyl sites for hydroxylation is 1. The Hall–Kier alpha value is -1.81. The van der Waals surface area contributed by atoms with Crippen molar-refractivity contribution in [3.63, 3.8) is 0 Å². The predicted octanol–water partition coefficient (Wildman–Crippen LogP) is 3.09. The lowest BCUT2D eigenvalue weighted by Crippen LogP contribution is -2.44. The molecule has 0 radical (unpaired) electrons. The molecule has 1 aliphatic rings. The van der Waals surface area contributed by atoms with E-state index in [9.17, 15) is 4.79 Å². The van der Waals surface area contributed by atoms with Crippen LogP contribution in [0.2, 0.25) is 0 Å². The van der Waals surface area contributed by atoms with E-state index in [1.165, 1.54) is 5.56 Å². The molecule has 1 aromatic heterocycles. The second kappa shape index (κ2) is 6.75. The molecule has 0 N–H and O–H groups in total. The normalized spacial score (nSPS) is 16.8. The summed E-state index contributed by atoms with van der Waals surface area (Å²) in [6, 6.07) is 6.60. The fourth-order valence-electron chi connectivity index (χ4n) is 3.36. The van der Waals surface area contributed by atoms with Crippen LogP contribution in [-0.4, -0.2) is 48.9 Å². The number of likely N-dealkylation sites (tertiary alicyclic amines) is 1. The van der Waals surface area contributed by atoms with Crippen LogP contribution in [0, 0.1) is 0 Å². The third-order valence-electron chi connectivity index (χ3n) is 5.10. The standard InChI is InChI=1S/C19H26N2O2/c1-4-14-5-6-18-17(11-14)15(13-23-18)12-19(22)21(3)16-7-9-20(2)10-8-16/h5-6,11,13,16H,4,7-10,12H2,1-3H3. The number of rotatable bonds is 4. The largest absolute Gasteiger partial charge is 0.464 e. The van der Waals surface area contributed by atoms with E-state index in [2.05, 4.69) is 31.0 Å². The molecule has 4 heteroatoms. The molecule has 4 nitrogen and oxygen atoms in total. The van der Waals surface area contributed by atoms with Gasteiger partial charge in [0.05, 0.1) is 12.7 Å². The van der Waals surface area contributed by atoms with Crippen LogP contribution in [-0.2, 0) is 17.6 Å². The Kier molecular flexibility index (Phi) is 4.71. The summed E-state index contributed by atoms with van der Waals surface area (Å²) in [6.07, 6.45) is 5.27. The van der Waals surface area contributed by atoms with E-state index in [0.717, 1.165) is 48.9 Å². The predicted molar refractivity (Wildman–Crippen MR) is 92.6 cm³/mol. The van der Waals surface area contributed by atoms with Gasteiger partial charge in [0.2, 0.25) is 5.91 Å². The zero-order valence-corrected chi connectivity index (χ0v) is 14.3. The molecule has 0 bridgehead atoms. The lowest BCUT2D eigenvalue weighted by Gasteiger charge is -2.35. The highest BCUT2D eigenvalue weighted by Crippen LogP contribution is 2.24. The van der Waals surface area contributed by atoms with E-state index in [-0.39, 0.29) is 5.91 Å². The van der Waals surface area contributed by atoms with Crippen molar-refractivity contribution in [1.82, 2.24) is 9.80 Å². The van der Waals surface area contributed by atoms with Gasteiger partial charge in [-0.3, -0.25) is 4.79 Å². The fourth-order valence-corrected chi connectivity index (χ4v) is 3.36. The number of nitrogens with zero attached hydrogens (tertiary/aromatic N) is 2. The Morgan fingerprint density at radius 3 is 2.78 bits per heavy atom. The zero-order valence-electron chi connectivity index (χ0n) is 14.3. The van der Waals surface area contributed by atoms with Crippen molar-refractivity contribution < 1.29 is 9.21 Å². The summed E-state index contributed by atoms with van der Waals surface area (Å²) < 4.78 is 5.61. The lowest BCUT2D eigenvalue weighted by atomic mass is 10.0. The number of carbonyl (C=O) groups excluding carboxylic acids is 1. The minimum atomic E-state index is 0.184. The van der Waals surface area contributed by atoms with E-state index >= 15 is 0 Å². The molecule has 0 unspecified atom stereocenters. The van der Waals surface area contributed by atoms with Gasteiger partial charge < -0.3 is 14.2 Å². The van der Waals surface area contributed by atoms with Gasteiger partial charge in [-0.2, -0.15) is 0 Å². The summed E-state index contributed by atoms with van der Waals surface area (Å²) in [4.78, 5) is 16.9. The van der Waals surface area contributed by atoms with Crippen LogP contribution in [0.4, 0.5) is 0 Å². The number of amides is 1. The average molecular weight is 314 g/mol. The molecule has 124 valence electrons. The maximum Gasteiger partial charge on any atom is 0.227 e. The SMILES string of the molecule is CCc1ccc2occ(CC(=O)N(C)C3CCN(C)CC3)c2c1. The monoisotopic (exact) mass is 314 g/mol. The molecule has 0 atom stereocenters. The average Bonchev–Trinajstić information content (AvgIpc) is 2.97. The number of hydrogen-bond donors (Lipinski definition) is 0. The number of hydrogen-bond acceptors (Lipinski definition) is 3. The topological polar surface area (TPSA) is 36.7 Å². The van der Waals surface area contributed by atoms with Crippen LogP contribution in [0.3, 0.4) is 0 Å². The molecule has 3 rings (SSSR count). The highest BCUT2D eigenvalue weighted by atomic mass is 16.3. The summed E-state index contributed by atoms with van der Waals surface area (Å²) in [5, 5.41) is 1.08. The molecule has 0 aliphatic carbocycles. The number of benzene rings is 1. The second-order valence-corrected chi connectivity index (χ2v) is 6.66. The summed E-state index contributed by atoms with van der Waals surface area (Å²) in [7, 11) is 4.08. The maximum atomic E-state index is 12.7. The van der Waals surface area contributed by atoms with Crippen molar-refractivity contribution in [1.29, 1.82) is 0 Å². The molecule has 2 aromatic rings. The molecule has 23 heavy (non-hydrogen) atoms. The van der Waals surface area contributed by atoms with E-state index in [1.54, 1.807) is 6.26 Å². The number of piperidine rings is 1. The molecule has 1 aliphatic heterocycles. The fraction of sp³-hybridized carbons (Fsp3) is 0.526. The minimum Gasteiger partial charge on any atom is -0.464 e. The summed E-state index contributed by atoms with van der Waals surface area (Å²) in [5.74, 6) is 0.184. The Morgan fingerprint density at radius 2 is 2.09 bits per heavy atom. The smallest absolute Gasteiger partial charge is 0.227 e. The Morgan fingerprint density at radius 1 is 1.35 bits per heavy atom. The third kappa shape index (κ3) is 3.42. The van der Waals surface area contributed by atoms with Crippen LogP contribution in [0.1, 0.15) is 30.9 Å². The molecule has 1 saturated heterocycles. The molecule has 1 fully saturated rings. The van der Waals surface area contributed by atoms with Crippen LogP contribution in [0.25, 0.3) is 11.0 Å². The number of likely N-dealkylation sites (N-methyl/N-ethyl adjacent to an activating group) is 1. The summed E-state index contributed by atoms with van der Waals surface area (Å²) >= 11 is 0. The van der Waals surface area contributed by atoms with E-state index in [0.29, 0.717) is 12.5 Å². The van der Waals surface area contributed by atoms with Gasteiger partial charge in [0, 0.05) is 24.0 Å². The first-order chi connectivity index (χ1) is 11.1. The Labute approximate surface area is 138 Å². The van der Waals surface area contributed by atoms with E-state index < -0.39 is 0 Å². The Balaban J connectivity index is 1.72. The van der Waals surface area contributed by atoms with E-state index in [4.69, 9.17) is 4.42 Å². The van der Waals surface area contributed by atoms with Crippen LogP contribution >= 0.6 is 0 Å². The highest BCUT2D eigenvalue weighted by Gasteiger charge is 2.24. The molecule has 0 spiro atoms. The summed E-state index contributed by atoms with van der Waals surface area (Å²) in [6.45, 7) is 4.27.